The minimum absolute atomic E-state index is 0.254. The van der Waals surface area contributed by atoms with E-state index in [1.807, 2.05) is 49.4 Å². The zero-order chi connectivity index (χ0) is 19.7. The van der Waals surface area contributed by atoms with Crippen LogP contribution in [0, 0.1) is 6.92 Å². The van der Waals surface area contributed by atoms with E-state index in [1.165, 1.54) is 0 Å². The molecule has 0 N–H and O–H groups in total. The molecule has 5 heteroatoms. The van der Waals surface area contributed by atoms with Crippen LogP contribution in [0.5, 0.6) is 0 Å². The van der Waals surface area contributed by atoms with E-state index in [9.17, 15) is 9.59 Å². The second-order valence-electron chi connectivity index (χ2n) is 7.26. The number of rotatable bonds is 4. The van der Waals surface area contributed by atoms with Crippen LogP contribution in [0.3, 0.4) is 0 Å². The molecule has 0 saturated heterocycles. The van der Waals surface area contributed by atoms with Crippen molar-refractivity contribution in [3.63, 3.8) is 0 Å². The number of aryl methyl sites for hydroxylation is 1. The average molecular weight is 375 g/mol. The molecule has 1 aromatic heterocycles. The van der Waals surface area contributed by atoms with Gasteiger partial charge in [-0.05, 0) is 49.7 Å². The molecule has 0 aliphatic carbocycles. The smallest absolute Gasteiger partial charge is 0.339 e. The predicted octanol–water partition coefficient (Wildman–Crippen LogP) is 4.29. The highest BCUT2D eigenvalue weighted by molar-refractivity contribution is 6.03. The lowest BCUT2D eigenvalue weighted by molar-refractivity contribution is -0.137. The maximum Gasteiger partial charge on any atom is 0.339 e. The van der Waals surface area contributed by atoms with Gasteiger partial charge in [0.2, 0.25) is 0 Å². The lowest BCUT2D eigenvalue weighted by atomic mass is 9.88. The van der Waals surface area contributed by atoms with Crippen molar-refractivity contribution < 1.29 is 18.7 Å². The number of hydrogen-bond donors (Lipinski definition) is 0. The summed E-state index contributed by atoms with van der Waals surface area (Å²) in [6.45, 7) is 3.92. The Bertz CT molecular complexity index is 1010. The van der Waals surface area contributed by atoms with E-state index < -0.39 is 11.6 Å². The minimum Gasteiger partial charge on any atom is -0.467 e. The van der Waals surface area contributed by atoms with E-state index in [0.29, 0.717) is 17.7 Å². The van der Waals surface area contributed by atoms with E-state index in [-0.39, 0.29) is 12.5 Å². The van der Waals surface area contributed by atoms with E-state index in [0.717, 1.165) is 16.8 Å². The fourth-order valence-electron chi connectivity index (χ4n) is 3.50. The van der Waals surface area contributed by atoms with Gasteiger partial charge >= 0.3 is 5.97 Å². The number of esters is 1. The molecule has 0 saturated carbocycles. The molecule has 1 aliphatic rings. The van der Waals surface area contributed by atoms with Crippen LogP contribution < -0.4 is 4.90 Å². The summed E-state index contributed by atoms with van der Waals surface area (Å²) in [7, 11) is 0. The Morgan fingerprint density at radius 2 is 1.82 bits per heavy atom. The van der Waals surface area contributed by atoms with Gasteiger partial charge in [-0.1, -0.05) is 35.9 Å². The van der Waals surface area contributed by atoms with Crippen molar-refractivity contribution in [3.8, 4) is 0 Å². The van der Waals surface area contributed by atoms with Crippen LogP contribution in [0.15, 0.2) is 71.3 Å². The van der Waals surface area contributed by atoms with Crippen molar-refractivity contribution in [2.75, 3.05) is 4.90 Å². The molecule has 1 aliphatic heterocycles. The highest BCUT2D eigenvalue weighted by Crippen LogP contribution is 2.32. The summed E-state index contributed by atoms with van der Waals surface area (Å²) in [6, 6.07) is 18.5. The molecule has 0 fully saturated rings. The molecule has 1 atom stereocenters. The molecule has 1 amide bonds. The topological polar surface area (TPSA) is 59.8 Å². The number of hydrogen-bond acceptors (Lipinski definition) is 4. The molecule has 3 aromatic rings. The summed E-state index contributed by atoms with van der Waals surface area (Å²) >= 11 is 0. The number of amides is 1. The number of benzene rings is 2. The van der Waals surface area contributed by atoms with Gasteiger partial charge in [0.1, 0.15) is 5.76 Å². The van der Waals surface area contributed by atoms with Gasteiger partial charge in [0.15, 0.2) is 5.60 Å². The van der Waals surface area contributed by atoms with E-state index in [4.69, 9.17) is 9.15 Å². The van der Waals surface area contributed by atoms with Gasteiger partial charge in [-0.2, -0.15) is 0 Å². The molecule has 2 heterocycles. The molecule has 142 valence electrons. The van der Waals surface area contributed by atoms with Gasteiger partial charge < -0.3 is 14.1 Å². The van der Waals surface area contributed by atoms with Gasteiger partial charge in [0.05, 0.1) is 18.4 Å². The highest BCUT2D eigenvalue weighted by Gasteiger charge is 2.45. The van der Waals surface area contributed by atoms with Gasteiger partial charge in [-0.25, -0.2) is 4.79 Å². The molecular formula is C23H21NO4. The van der Waals surface area contributed by atoms with Crippen LogP contribution in [0.1, 0.15) is 34.2 Å². The van der Waals surface area contributed by atoms with Crippen LogP contribution in [0.4, 0.5) is 5.69 Å². The Kier molecular flexibility index (Phi) is 4.51. The number of carbonyl (C=O) groups excluding carboxylic acids is 2. The normalized spacial score (nSPS) is 18.3. The number of fused-ring (bicyclic) bond motifs is 1. The molecule has 5 nitrogen and oxygen atoms in total. The van der Waals surface area contributed by atoms with Gasteiger partial charge in [0.25, 0.3) is 5.91 Å². The Morgan fingerprint density at radius 3 is 2.54 bits per heavy atom. The van der Waals surface area contributed by atoms with Crippen LogP contribution in [0.2, 0.25) is 0 Å². The molecule has 4 rings (SSSR count). The second kappa shape index (κ2) is 7.00. The predicted molar refractivity (Wildman–Crippen MR) is 105 cm³/mol. The number of carbonyl (C=O) groups is 2. The molecule has 28 heavy (non-hydrogen) atoms. The van der Waals surface area contributed by atoms with Gasteiger partial charge in [0, 0.05) is 12.1 Å². The third-order valence-electron chi connectivity index (χ3n) is 5.02. The maximum atomic E-state index is 13.6. The second-order valence-corrected chi connectivity index (χ2v) is 7.26. The van der Waals surface area contributed by atoms with Crippen molar-refractivity contribution in [3.05, 3.63) is 89.4 Å². The third kappa shape index (κ3) is 3.31. The zero-order valence-electron chi connectivity index (χ0n) is 15.8. The molecule has 2 aromatic carbocycles. The third-order valence-corrected chi connectivity index (χ3v) is 5.02. The molecule has 0 spiro atoms. The van der Waals surface area contributed by atoms with Crippen molar-refractivity contribution >= 4 is 17.6 Å². The van der Waals surface area contributed by atoms with Gasteiger partial charge in [-0.15, -0.1) is 0 Å². The largest absolute Gasteiger partial charge is 0.467 e. The Hall–Kier alpha value is -3.34. The fraction of sp³-hybridized carbons (Fsp3) is 0.217. The van der Waals surface area contributed by atoms with Crippen molar-refractivity contribution in [2.24, 2.45) is 0 Å². The van der Waals surface area contributed by atoms with Crippen LogP contribution in [0.25, 0.3) is 0 Å². The number of cyclic esters (lactones) is 1. The van der Waals surface area contributed by atoms with Crippen LogP contribution in [-0.4, -0.2) is 17.5 Å². The first-order chi connectivity index (χ1) is 13.5. The summed E-state index contributed by atoms with van der Waals surface area (Å²) in [6.07, 6.45) is 1.90. The number of anilines is 1. The van der Waals surface area contributed by atoms with Gasteiger partial charge in [-0.3, -0.25) is 4.79 Å². The Morgan fingerprint density at radius 1 is 1.07 bits per heavy atom. The lowest BCUT2D eigenvalue weighted by Gasteiger charge is -2.37. The average Bonchev–Trinajstić information content (AvgIpc) is 3.19. The summed E-state index contributed by atoms with van der Waals surface area (Å²) in [5, 5.41) is 0. The standard InChI is InChI=1S/C23H21NO4/c1-16-9-11-18(12-10-16)24(15-19-7-5-13-27-19)22(26)23(2)14-17-6-3-4-8-20(17)21(25)28-23/h3-13H,14-15H2,1-2H3. The van der Waals surface area contributed by atoms with Crippen molar-refractivity contribution in [1.29, 1.82) is 0 Å². The lowest BCUT2D eigenvalue weighted by Crippen LogP contribution is -2.53. The van der Waals surface area contributed by atoms with Crippen LogP contribution >= 0.6 is 0 Å². The first-order valence-corrected chi connectivity index (χ1v) is 9.18. The Labute approximate surface area is 163 Å². The fourth-order valence-corrected chi connectivity index (χ4v) is 3.50. The summed E-state index contributed by atoms with van der Waals surface area (Å²) < 4.78 is 11.1. The monoisotopic (exact) mass is 375 g/mol. The summed E-state index contributed by atoms with van der Waals surface area (Å²) in [5.41, 5.74) is 1.86. The maximum absolute atomic E-state index is 13.6. The van der Waals surface area contributed by atoms with E-state index >= 15 is 0 Å². The number of furan rings is 1. The summed E-state index contributed by atoms with van der Waals surface area (Å²) in [5.74, 6) is -0.102. The SMILES string of the molecule is Cc1ccc(N(Cc2ccco2)C(=O)C2(C)Cc3ccccc3C(=O)O2)cc1. The van der Waals surface area contributed by atoms with E-state index in [2.05, 4.69) is 0 Å². The minimum atomic E-state index is -1.29. The van der Waals surface area contributed by atoms with Crippen molar-refractivity contribution in [2.45, 2.75) is 32.4 Å². The van der Waals surface area contributed by atoms with E-state index in [1.54, 1.807) is 36.3 Å². The molecule has 0 bridgehead atoms. The quantitative estimate of drug-likeness (QED) is 0.638. The zero-order valence-corrected chi connectivity index (χ0v) is 15.8. The highest BCUT2D eigenvalue weighted by atomic mass is 16.6. The number of nitrogens with zero attached hydrogens (tertiary/aromatic N) is 1. The Balaban J connectivity index is 1.70. The summed E-state index contributed by atoms with van der Waals surface area (Å²) in [4.78, 5) is 27.7. The first-order valence-electron chi connectivity index (χ1n) is 9.18. The molecule has 0 radical (unpaired) electrons. The first kappa shape index (κ1) is 18.0. The number of ether oxygens (including phenoxy) is 1. The van der Waals surface area contributed by atoms with Crippen molar-refractivity contribution in [1.82, 2.24) is 0 Å². The molecular weight excluding hydrogens is 354 g/mol. The van der Waals surface area contributed by atoms with Crippen LogP contribution in [-0.2, 0) is 22.5 Å². The molecule has 1 unspecified atom stereocenters.